The quantitative estimate of drug-likeness (QED) is 0.599. The number of anilines is 1. The average Bonchev–Trinajstić information content (AvgIpc) is 3.04. The van der Waals surface area contributed by atoms with E-state index in [4.69, 9.17) is 0 Å². The molecule has 0 N–H and O–H groups in total. The Bertz CT molecular complexity index is 929. The zero-order chi connectivity index (χ0) is 19.4. The minimum atomic E-state index is -0.360. The number of rotatable bonds is 6. The summed E-state index contributed by atoms with van der Waals surface area (Å²) >= 11 is 1.31. The molecule has 2 aromatic carbocycles. The Labute approximate surface area is 162 Å². The van der Waals surface area contributed by atoms with Gasteiger partial charge in [0.2, 0.25) is 5.91 Å². The zero-order valence-corrected chi connectivity index (χ0v) is 16.3. The topological polar surface area (TPSA) is 51.0 Å². The molecule has 27 heavy (non-hydrogen) atoms. The molecule has 0 fully saturated rings. The molecular weight excluding hydrogens is 363 g/mol. The van der Waals surface area contributed by atoms with Gasteiger partial charge in [-0.25, -0.2) is 4.39 Å². The van der Waals surface area contributed by atoms with Gasteiger partial charge in [-0.15, -0.1) is 10.2 Å². The molecule has 0 radical (unpaired) electrons. The molecule has 5 nitrogen and oxygen atoms in total. The number of halogens is 1. The highest BCUT2D eigenvalue weighted by Crippen LogP contribution is 2.28. The van der Waals surface area contributed by atoms with Crippen molar-refractivity contribution in [1.82, 2.24) is 14.8 Å². The highest BCUT2D eigenvalue weighted by atomic mass is 32.2. The summed E-state index contributed by atoms with van der Waals surface area (Å²) in [5.41, 5.74) is 1.25. The lowest BCUT2D eigenvalue weighted by Gasteiger charge is -2.24. The second kappa shape index (κ2) is 8.35. The molecule has 140 valence electrons. The molecule has 3 rings (SSSR count). The first-order valence-corrected chi connectivity index (χ1v) is 9.58. The van der Waals surface area contributed by atoms with Gasteiger partial charge >= 0.3 is 0 Å². The van der Waals surface area contributed by atoms with Gasteiger partial charge in [-0.3, -0.25) is 4.79 Å². The monoisotopic (exact) mass is 384 g/mol. The molecule has 1 amide bonds. The molecule has 0 aliphatic carbocycles. The molecule has 0 aliphatic rings. The fraction of sp³-hybridized carbons (Fsp3) is 0.250. The Balaban J connectivity index is 1.79. The second-order valence-corrected chi connectivity index (χ2v) is 7.33. The van der Waals surface area contributed by atoms with Crippen molar-refractivity contribution in [3.05, 3.63) is 60.4 Å². The van der Waals surface area contributed by atoms with E-state index >= 15 is 0 Å². The number of benzene rings is 2. The number of hydrogen-bond donors (Lipinski definition) is 0. The standard InChI is InChI=1S/C20H21FN4OS/c1-4-25(15-10-6-5-7-11-15)19(26)14(2)27-20-23-22-18(24(20)3)16-12-8-9-13-17(16)21/h5-14H,4H2,1-3H3. The van der Waals surface area contributed by atoms with Crippen LogP contribution in [0.3, 0.4) is 0 Å². The van der Waals surface area contributed by atoms with Crippen molar-refractivity contribution in [2.45, 2.75) is 24.3 Å². The molecule has 1 heterocycles. The number of nitrogens with zero attached hydrogens (tertiary/aromatic N) is 4. The lowest BCUT2D eigenvalue weighted by atomic mass is 10.2. The van der Waals surface area contributed by atoms with Crippen LogP contribution in [-0.2, 0) is 11.8 Å². The molecule has 1 unspecified atom stereocenters. The third kappa shape index (κ3) is 4.03. The molecule has 1 atom stereocenters. The predicted molar refractivity (Wildman–Crippen MR) is 106 cm³/mol. The van der Waals surface area contributed by atoms with Gasteiger partial charge in [-0.2, -0.15) is 0 Å². The average molecular weight is 384 g/mol. The number of carbonyl (C=O) groups is 1. The van der Waals surface area contributed by atoms with Crippen LogP contribution in [0.4, 0.5) is 10.1 Å². The first-order chi connectivity index (χ1) is 13.0. The van der Waals surface area contributed by atoms with E-state index in [0.717, 1.165) is 5.69 Å². The molecule has 3 aromatic rings. The highest BCUT2D eigenvalue weighted by Gasteiger charge is 2.24. The Morgan fingerprint density at radius 3 is 2.48 bits per heavy atom. The van der Waals surface area contributed by atoms with Crippen molar-refractivity contribution in [2.75, 3.05) is 11.4 Å². The Morgan fingerprint density at radius 1 is 1.15 bits per heavy atom. The van der Waals surface area contributed by atoms with E-state index in [9.17, 15) is 9.18 Å². The SMILES string of the molecule is CCN(C(=O)C(C)Sc1nnc(-c2ccccc2F)n1C)c1ccccc1. The summed E-state index contributed by atoms with van der Waals surface area (Å²) < 4.78 is 15.8. The summed E-state index contributed by atoms with van der Waals surface area (Å²) in [7, 11) is 1.77. The smallest absolute Gasteiger partial charge is 0.240 e. The summed E-state index contributed by atoms with van der Waals surface area (Å²) in [5, 5.41) is 8.47. The second-order valence-electron chi connectivity index (χ2n) is 6.02. The normalized spacial score (nSPS) is 12.0. The van der Waals surface area contributed by atoms with Crippen LogP contribution < -0.4 is 4.90 Å². The highest BCUT2D eigenvalue weighted by molar-refractivity contribution is 8.00. The molecule has 0 saturated heterocycles. The summed E-state index contributed by atoms with van der Waals surface area (Å²) in [6.07, 6.45) is 0. The van der Waals surface area contributed by atoms with Crippen molar-refractivity contribution in [3.8, 4) is 11.4 Å². The van der Waals surface area contributed by atoms with Crippen molar-refractivity contribution >= 4 is 23.4 Å². The molecule has 0 bridgehead atoms. The predicted octanol–water partition coefficient (Wildman–Crippen LogP) is 4.15. The van der Waals surface area contributed by atoms with Gasteiger partial charge in [0.05, 0.1) is 10.8 Å². The number of hydrogen-bond acceptors (Lipinski definition) is 4. The van der Waals surface area contributed by atoms with E-state index in [0.29, 0.717) is 23.1 Å². The van der Waals surface area contributed by atoms with Gasteiger partial charge in [0.15, 0.2) is 11.0 Å². The van der Waals surface area contributed by atoms with E-state index in [2.05, 4.69) is 10.2 Å². The van der Waals surface area contributed by atoms with Gasteiger partial charge in [0, 0.05) is 19.3 Å². The van der Waals surface area contributed by atoms with Crippen LogP contribution in [0.5, 0.6) is 0 Å². The fourth-order valence-corrected chi connectivity index (χ4v) is 3.67. The Morgan fingerprint density at radius 2 is 1.81 bits per heavy atom. The Kier molecular flexibility index (Phi) is 5.91. The Hall–Kier alpha value is -2.67. The molecule has 0 saturated carbocycles. The lowest BCUT2D eigenvalue weighted by Crippen LogP contribution is -2.36. The van der Waals surface area contributed by atoms with Gasteiger partial charge in [-0.1, -0.05) is 42.1 Å². The van der Waals surface area contributed by atoms with Crippen LogP contribution in [0.25, 0.3) is 11.4 Å². The zero-order valence-electron chi connectivity index (χ0n) is 15.5. The maximum absolute atomic E-state index is 14.0. The van der Waals surface area contributed by atoms with Crippen LogP contribution in [0, 0.1) is 5.82 Å². The van der Waals surface area contributed by atoms with Gasteiger partial charge in [0.1, 0.15) is 5.82 Å². The molecule has 7 heteroatoms. The van der Waals surface area contributed by atoms with E-state index in [1.54, 1.807) is 34.7 Å². The number of para-hydroxylation sites is 1. The first-order valence-electron chi connectivity index (χ1n) is 8.70. The maximum Gasteiger partial charge on any atom is 0.240 e. The third-order valence-corrected chi connectivity index (χ3v) is 5.35. The number of amides is 1. The molecular formula is C20H21FN4OS. The van der Waals surface area contributed by atoms with Crippen molar-refractivity contribution in [1.29, 1.82) is 0 Å². The molecule has 0 aliphatic heterocycles. The fourth-order valence-electron chi connectivity index (χ4n) is 2.80. The summed E-state index contributed by atoms with van der Waals surface area (Å²) in [4.78, 5) is 14.7. The van der Waals surface area contributed by atoms with Crippen LogP contribution in [-0.4, -0.2) is 32.5 Å². The van der Waals surface area contributed by atoms with Crippen LogP contribution >= 0.6 is 11.8 Å². The van der Waals surface area contributed by atoms with Crippen LogP contribution in [0.15, 0.2) is 59.8 Å². The van der Waals surface area contributed by atoms with E-state index in [1.807, 2.05) is 44.2 Å². The van der Waals surface area contributed by atoms with Crippen LogP contribution in [0.1, 0.15) is 13.8 Å². The number of carbonyl (C=O) groups excluding carboxylic acids is 1. The largest absolute Gasteiger partial charge is 0.312 e. The van der Waals surface area contributed by atoms with E-state index in [1.165, 1.54) is 17.8 Å². The van der Waals surface area contributed by atoms with Crippen molar-refractivity contribution in [2.24, 2.45) is 7.05 Å². The van der Waals surface area contributed by atoms with E-state index < -0.39 is 0 Å². The van der Waals surface area contributed by atoms with Crippen LogP contribution in [0.2, 0.25) is 0 Å². The van der Waals surface area contributed by atoms with Crippen molar-refractivity contribution in [3.63, 3.8) is 0 Å². The number of thioether (sulfide) groups is 1. The van der Waals surface area contributed by atoms with Gasteiger partial charge < -0.3 is 9.47 Å². The third-order valence-electron chi connectivity index (χ3n) is 4.23. The minimum absolute atomic E-state index is 0.0101. The lowest BCUT2D eigenvalue weighted by molar-refractivity contribution is -0.117. The molecule has 0 spiro atoms. The molecule has 1 aromatic heterocycles. The van der Waals surface area contributed by atoms with Crippen molar-refractivity contribution < 1.29 is 9.18 Å². The first kappa shape index (κ1) is 19.1. The van der Waals surface area contributed by atoms with Gasteiger partial charge in [0.25, 0.3) is 0 Å². The number of aromatic nitrogens is 3. The summed E-state index contributed by atoms with van der Waals surface area (Å²) in [5.74, 6) is 0.0738. The van der Waals surface area contributed by atoms with Gasteiger partial charge in [-0.05, 0) is 38.1 Å². The summed E-state index contributed by atoms with van der Waals surface area (Å²) in [6, 6.07) is 16.0. The summed E-state index contributed by atoms with van der Waals surface area (Å²) in [6.45, 7) is 4.37. The minimum Gasteiger partial charge on any atom is -0.312 e. The maximum atomic E-state index is 14.0. The van der Waals surface area contributed by atoms with E-state index in [-0.39, 0.29) is 17.0 Å².